The fourth-order valence-corrected chi connectivity index (χ4v) is 16.3. The van der Waals surface area contributed by atoms with Gasteiger partial charge in [-0.15, -0.1) is 0 Å². The number of ether oxygens (including phenoxy) is 1. The molecule has 2 aliphatic heterocycles. The lowest BCUT2D eigenvalue weighted by Crippen LogP contribution is -2.58. The van der Waals surface area contributed by atoms with Gasteiger partial charge >= 0.3 is 0 Å². The van der Waals surface area contributed by atoms with Crippen molar-refractivity contribution in [3.63, 3.8) is 0 Å². The van der Waals surface area contributed by atoms with Crippen LogP contribution >= 0.6 is 0 Å². The molecule has 0 spiro atoms. The topological polar surface area (TPSA) is 33.9 Å². The molecule has 0 aliphatic carbocycles. The summed E-state index contributed by atoms with van der Waals surface area (Å²) in [4.78, 5) is 0. The van der Waals surface area contributed by atoms with Crippen molar-refractivity contribution in [3.8, 4) is 62.2 Å². The fourth-order valence-electron chi connectivity index (χ4n) is 16.3. The van der Waals surface area contributed by atoms with Crippen molar-refractivity contribution in [1.82, 2.24) is 22.8 Å². The minimum absolute atomic E-state index is 0.154. The van der Waals surface area contributed by atoms with Gasteiger partial charge in [0.05, 0.1) is 49.7 Å². The molecule has 0 unspecified atom stereocenters. The van der Waals surface area contributed by atoms with Gasteiger partial charge in [0, 0.05) is 87.8 Å². The van der Waals surface area contributed by atoms with Crippen LogP contribution in [0.15, 0.2) is 303 Å². The molecule has 7 heteroatoms. The van der Waals surface area contributed by atoms with Crippen molar-refractivity contribution in [2.24, 2.45) is 0 Å². The minimum Gasteiger partial charge on any atom is -0.458 e. The van der Waals surface area contributed by atoms with Gasteiger partial charge in [0.15, 0.2) is 0 Å². The maximum Gasteiger partial charge on any atom is 0.256 e. The highest BCUT2D eigenvalue weighted by Crippen LogP contribution is 2.45. The number of nitrogens with zero attached hydrogens (tertiary/aromatic N) is 5. The number of rotatable bonds is 6. The molecule has 6 nitrogen and oxygen atoms in total. The molecular formula is C84H50BN5O. The van der Waals surface area contributed by atoms with E-state index >= 15 is 0 Å². The summed E-state index contributed by atoms with van der Waals surface area (Å²) in [5.41, 5.74) is 25.5. The Balaban J connectivity index is 0.845. The largest absolute Gasteiger partial charge is 0.458 e. The highest BCUT2D eigenvalue weighted by Gasteiger charge is 2.42. The van der Waals surface area contributed by atoms with Crippen LogP contribution in [-0.4, -0.2) is 29.5 Å². The quantitative estimate of drug-likeness (QED) is 0.153. The number of hydrogen-bond donors (Lipinski definition) is 0. The number of benzene rings is 14. The normalized spacial score (nSPS) is 12.7. The molecule has 5 aromatic heterocycles. The first-order chi connectivity index (χ1) is 45.1. The molecule has 0 saturated heterocycles. The summed E-state index contributed by atoms with van der Waals surface area (Å²) >= 11 is 0. The first kappa shape index (κ1) is 49.0. The Hall–Kier alpha value is -12.1. The molecule has 0 atom stereocenters. The second kappa shape index (κ2) is 18.3. The van der Waals surface area contributed by atoms with E-state index in [1.54, 1.807) is 0 Å². The Morgan fingerprint density at radius 3 is 1.05 bits per heavy atom. The SMILES string of the molecule is c1ccc(-c2ccc3c(c2)Oc2cc(-c4ccccc4)cc4c2B3c2cc(-n3c5ccccc5c5cc(-n6c7ccccc7c7ccccc76)ccc53)cc3c5cc(-n6c7ccccc7c7cc(-n8c9ccccc9c9ccccc98)ccc76)ccc5n-4c23)cc1. The Morgan fingerprint density at radius 2 is 0.582 bits per heavy atom. The van der Waals surface area contributed by atoms with Gasteiger partial charge in [-0.2, -0.15) is 0 Å². The summed E-state index contributed by atoms with van der Waals surface area (Å²) in [6.07, 6.45) is 0. The Morgan fingerprint density at radius 1 is 0.220 bits per heavy atom. The number of fused-ring (bicyclic) bond motifs is 19. The molecule has 0 N–H and O–H groups in total. The third kappa shape index (κ3) is 6.76. The Bertz CT molecular complexity index is 6270. The zero-order valence-electron chi connectivity index (χ0n) is 49.1. The van der Waals surface area contributed by atoms with E-state index in [4.69, 9.17) is 4.74 Å². The molecule has 7 heterocycles. The van der Waals surface area contributed by atoms with Crippen LogP contribution in [0, 0.1) is 0 Å². The third-order valence-electron chi connectivity index (χ3n) is 20.1. The van der Waals surface area contributed by atoms with Crippen LogP contribution in [0.3, 0.4) is 0 Å². The summed E-state index contributed by atoms with van der Waals surface area (Å²) in [6, 6.07) is 112. The van der Waals surface area contributed by atoms with Gasteiger partial charge in [-0.05, 0) is 160 Å². The van der Waals surface area contributed by atoms with Crippen LogP contribution in [-0.2, 0) is 0 Å². The summed E-state index contributed by atoms with van der Waals surface area (Å²) < 4.78 is 19.8. The van der Waals surface area contributed by atoms with Crippen LogP contribution in [0.25, 0.3) is 160 Å². The molecule has 0 bridgehead atoms. The van der Waals surface area contributed by atoms with E-state index in [1.165, 1.54) is 92.4 Å². The van der Waals surface area contributed by atoms with Gasteiger partial charge in [-0.3, -0.25) is 0 Å². The summed E-state index contributed by atoms with van der Waals surface area (Å²) in [7, 11) is 0. The predicted octanol–water partition coefficient (Wildman–Crippen LogP) is 19.4. The maximum absolute atomic E-state index is 7.36. The van der Waals surface area contributed by atoms with E-state index in [1.807, 2.05) is 0 Å². The van der Waals surface area contributed by atoms with E-state index in [-0.39, 0.29) is 6.71 Å². The zero-order valence-corrected chi connectivity index (χ0v) is 49.1. The Kier molecular flexibility index (Phi) is 9.83. The van der Waals surface area contributed by atoms with Crippen molar-refractivity contribution >= 4 is 132 Å². The second-order valence-electron chi connectivity index (χ2n) is 24.7. The fraction of sp³-hybridized carbons (Fsp3) is 0. The van der Waals surface area contributed by atoms with Crippen LogP contribution in [0.5, 0.6) is 11.5 Å². The highest BCUT2D eigenvalue weighted by atomic mass is 16.5. The van der Waals surface area contributed by atoms with E-state index < -0.39 is 0 Å². The Labute approximate surface area is 522 Å². The lowest BCUT2D eigenvalue weighted by Gasteiger charge is -2.34. The molecule has 21 rings (SSSR count). The standard InChI is InChI=1S/C84H50BN5O/c1-3-19-51(20-4-1)53-35-39-69-81(44-53)91-82-45-54(52-21-5-2-6-22-52)43-80-83(82)85(69)70-50-58(89-76-34-18-12-28-64(76)66-47-56(37-41-78(66)89)87-73-31-15-9-25-61(73)62-26-10-16-32-74(62)87)49-68-67-48-57(38-42-79(67)90(80)84(68)70)88-75-33-17-11-27-63(75)65-46-55(36-40-77(65)88)86-71-29-13-7-23-59(71)60-24-8-14-30-72(60)86/h1-50H. The molecule has 14 aromatic carbocycles. The number of para-hydroxylation sites is 6. The predicted molar refractivity (Wildman–Crippen MR) is 380 cm³/mol. The minimum atomic E-state index is -0.154. The average molecular weight is 1160 g/mol. The first-order valence-electron chi connectivity index (χ1n) is 31.4. The summed E-state index contributed by atoms with van der Waals surface area (Å²) in [6.45, 7) is -0.154. The monoisotopic (exact) mass is 1160 g/mol. The van der Waals surface area contributed by atoms with Crippen LogP contribution < -0.4 is 21.1 Å². The zero-order chi connectivity index (χ0) is 59.2. The average Bonchev–Trinajstić information content (AvgIpc) is 1.62. The molecular weight excluding hydrogens is 1110 g/mol. The molecule has 19 aromatic rings. The third-order valence-corrected chi connectivity index (χ3v) is 20.1. The smallest absolute Gasteiger partial charge is 0.256 e. The molecule has 0 saturated carbocycles. The second-order valence-corrected chi connectivity index (χ2v) is 24.7. The molecule has 91 heavy (non-hydrogen) atoms. The number of aromatic nitrogens is 5. The van der Waals surface area contributed by atoms with Gasteiger partial charge in [0.2, 0.25) is 0 Å². The van der Waals surface area contributed by atoms with Crippen molar-refractivity contribution < 1.29 is 4.74 Å². The van der Waals surface area contributed by atoms with E-state index in [9.17, 15) is 0 Å². The first-order valence-corrected chi connectivity index (χ1v) is 31.4. The van der Waals surface area contributed by atoms with Gasteiger partial charge in [-0.25, -0.2) is 0 Å². The van der Waals surface area contributed by atoms with Crippen molar-refractivity contribution in [1.29, 1.82) is 0 Å². The molecule has 0 radical (unpaired) electrons. The lowest BCUT2D eigenvalue weighted by molar-refractivity contribution is 0.487. The molecule has 0 amide bonds. The summed E-state index contributed by atoms with van der Waals surface area (Å²) in [5.74, 6) is 1.75. The van der Waals surface area contributed by atoms with Crippen LogP contribution in [0.2, 0.25) is 0 Å². The van der Waals surface area contributed by atoms with Gasteiger partial charge < -0.3 is 27.6 Å². The van der Waals surface area contributed by atoms with E-state index in [0.29, 0.717) is 0 Å². The molecule has 2 aliphatic rings. The molecule has 0 fully saturated rings. The van der Waals surface area contributed by atoms with Crippen LogP contribution in [0.4, 0.5) is 0 Å². The molecule has 420 valence electrons. The van der Waals surface area contributed by atoms with Crippen molar-refractivity contribution in [3.05, 3.63) is 303 Å². The van der Waals surface area contributed by atoms with Gasteiger partial charge in [0.1, 0.15) is 11.5 Å². The number of hydrogen-bond acceptors (Lipinski definition) is 1. The van der Waals surface area contributed by atoms with Crippen molar-refractivity contribution in [2.75, 3.05) is 0 Å². The van der Waals surface area contributed by atoms with Crippen LogP contribution in [0.1, 0.15) is 0 Å². The van der Waals surface area contributed by atoms with Gasteiger partial charge in [-0.1, -0.05) is 182 Å². The van der Waals surface area contributed by atoms with E-state index in [0.717, 1.165) is 95.2 Å². The van der Waals surface area contributed by atoms with E-state index in [2.05, 4.69) is 326 Å². The lowest BCUT2D eigenvalue weighted by atomic mass is 9.34. The highest BCUT2D eigenvalue weighted by molar-refractivity contribution is 6.99. The van der Waals surface area contributed by atoms with Gasteiger partial charge in [0.25, 0.3) is 6.71 Å². The maximum atomic E-state index is 7.36. The van der Waals surface area contributed by atoms with Crippen molar-refractivity contribution in [2.45, 2.75) is 0 Å². The summed E-state index contributed by atoms with van der Waals surface area (Å²) in [5, 5.41) is 12.2.